The quantitative estimate of drug-likeness (QED) is 0.659. The van der Waals surface area contributed by atoms with Crippen LogP contribution in [0.2, 0.25) is 0 Å². The molecule has 0 heterocycles. The number of rotatable bonds is 5. The molecule has 0 unspecified atom stereocenters. The maximum atomic E-state index is 12.4. The molecule has 0 atom stereocenters. The molecule has 6 nitrogen and oxygen atoms in total. The van der Waals surface area contributed by atoms with Gasteiger partial charge < -0.3 is 20.0 Å². The lowest BCUT2D eigenvalue weighted by Gasteiger charge is -2.11. The van der Waals surface area contributed by atoms with Gasteiger partial charge in [-0.25, -0.2) is 0 Å². The summed E-state index contributed by atoms with van der Waals surface area (Å²) in [4.78, 5) is 23.6. The second-order valence-corrected chi connectivity index (χ2v) is 5.62. The molecular weight excluding hydrogens is 332 g/mol. The molecule has 132 valence electrons. The summed E-state index contributed by atoms with van der Waals surface area (Å²) in [5, 5.41) is 23.2. The van der Waals surface area contributed by atoms with Crippen LogP contribution in [0, 0.1) is 25.2 Å². The van der Waals surface area contributed by atoms with Crippen molar-refractivity contribution >= 4 is 23.6 Å². The number of carbonyl (C=O) groups excluding carboxylic acids is 2. The van der Waals surface area contributed by atoms with Crippen molar-refractivity contribution in [3.05, 3.63) is 64.2 Å². The number of nitrogens with zero attached hydrogens (tertiary/aromatic N) is 1. The van der Waals surface area contributed by atoms with Crippen molar-refractivity contribution in [1.82, 2.24) is 0 Å². The van der Waals surface area contributed by atoms with E-state index in [4.69, 9.17) is 4.74 Å². The number of carbonyl (C=O) groups is 2. The molecule has 0 saturated carbocycles. The highest BCUT2D eigenvalue weighted by Crippen LogP contribution is 2.22. The van der Waals surface area contributed by atoms with E-state index in [1.165, 1.54) is 25.3 Å². The van der Waals surface area contributed by atoms with Crippen LogP contribution in [0.5, 0.6) is 5.75 Å². The van der Waals surface area contributed by atoms with Crippen LogP contribution in [-0.2, 0) is 4.79 Å². The Morgan fingerprint density at radius 2 is 1.96 bits per heavy atom. The maximum Gasteiger partial charge on any atom is 0.266 e. The number of benzene rings is 2. The number of anilines is 1. The number of carboxylic acid groups (broad SMARTS) is 1. The van der Waals surface area contributed by atoms with Gasteiger partial charge in [-0.05, 0) is 54.8 Å². The van der Waals surface area contributed by atoms with Crippen LogP contribution in [-0.4, -0.2) is 19.0 Å². The topological polar surface area (TPSA) is 102 Å². The largest absolute Gasteiger partial charge is 0.545 e. The Kier molecular flexibility index (Phi) is 5.76. The van der Waals surface area contributed by atoms with Gasteiger partial charge >= 0.3 is 0 Å². The van der Waals surface area contributed by atoms with Crippen LogP contribution >= 0.6 is 0 Å². The standard InChI is InChI=1S/C20H18N2O4/c1-12-5-4-6-17(13(12)2)22-19(23)15(11-21)9-14-7-8-18(26-3)16(10-14)20(24)25/h4-10H,1-3H3,(H,22,23)(H,24,25)/p-1/b15-9-. The van der Waals surface area contributed by atoms with Crippen LogP contribution in [0.1, 0.15) is 27.0 Å². The summed E-state index contributed by atoms with van der Waals surface area (Å²) < 4.78 is 4.96. The summed E-state index contributed by atoms with van der Waals surface area (Å²) in [6.07, 6.45) is 1.31. The Hall–Kier alpha value is -3.59. The van der Waals surface area contributed by atoms with Crippen LogP contribution in [0.15, 0.2) is 42.0 Å². The predicted molar refractivity (Wildman–Crippen MR) is 95.5 cm³/mol. The van der Waals surface area contributed by atoms with Gasteiger partial charge in [-0.15, -0.1) is 0 Å². The average Bonchev–Trinajstić information content (AvgIpc) is 2.63. The van der Waals surface area contributed by atoms with Gasteiger partial charge in [0.05, 0.1) is 13.1 Å². The minimum absolute atomic E-state index is 0.139. The van der Waals surface area contributed by atoms with E-state index in [0.29, 0.717) is 11.3 Å². The van der Waals surface area contributed by atoms with Crippen molar-refractivity contribution in [3.63, 3.8) is 0 Å². The van der Waals surface area contributed by atoms with Gasteiger partial charge in [0, 0.05) is 11.3 Å². The minimum Gasteiger partial charge on any atom is -0.545 e. The second kappa shape index (κ2) is 7.99. The van der Waals surface area contributed by atoms with Crippen LogP contribution < -0.4 is 15.2 Å². The maximum absolute atomic E-state index is 12.4. The van der Waals surface area contributed by atoms with Crippen LogP contribution in [0.25, 0.3) is 6.08 Å². The Labute approximate surface area is 151 Å². The average molecular weight is 349 g/mol. The van der Waals surface area contributed by atoms with Crippen LogP contribution in [0.4, 0.5) is 5.69 Å². The highest BCUT2D eigenvalue weighted by molar-refractivity contribution is 6.10. The Morgan fingerprint density at radius 1 is 1.23 bits per heavy atom. The molecule has 0 spiro atoms. The molecule has 6 heteroatoms. The molecular formula is C20H17N2O4-. The number of ether oxygens (including phenoxy) is 1. The molecule has 26 heavy (non-hydrogen) atoms. The van der Waals surface area contributed by atoms with E-state index in [1.54, 1.807) is 12.1 Å². The lowest BCUT2D eigenvalue weighted by atomic mass is 10.1. The zero-order valence-electron chi connectivity index (χ0n) is 14.6. The molecule has 1 amide bonds. The highest BCUT2D eigenvalue weighted by atomic mass is 16.5. The van der Waals surface area contributed by atoms with E-state index in [-0.39, 0.29) is 16.9 Å². The van der Waals surface area contributed by atoms with E-state index < -0.39 is 11.9 Å². The van der Waals surface area contributed by atoms with Gasteiger partial charge in [0.25, 0.3) is 5.91 Å². The number of amides is 1. The van der Waals surface area contributed by atoms with Crippen molar-refractivity contribution in [2.24, 2.45) is 0 Å². The molecule has 0 aliphatic rings. The second-order valence-electron chi connectivity index (χ2n) is 5.62. The fourth-order valence-corrected chi connectivity index (χ4v) is 2.37. The fourth-order valence-electron chi connectivity index (χ4n) is 2.37. The smallest absolute Gasteiger partial charge is 0.266 e. The monoisotopic (exact) mass is 349 g/mol. The molecule has 0 aliphatic carbocycles. The van der Waals surface area contributed by atoms with Crippen molar-refractivity contribution < 1.29 is 19.4 Å². The first-order valence-electron chi connectivity index (χ1n) is 7.76. The van der Waals surface area contributed by atoms with E-state index in [0.717, 1.165) is 11.1 Å². The molecule has 2 rings (SSSR count). The fraction of sp³-hybridized carbons (Fsp3) is 0.150. The molecule has 0 bridgehead atoms. The summed E-state index contributed by atoms with van der Waals surface area (Å²) in [7, 11) is 1.34. The molecule has 0 aromatic heterocycles. The molecule has 0 aliphatic heterocycles. The van der Waals surface area contributed by atoms with Crippen molar-refractivity contribution in [1.29, 1.82) is 5.26 Å². The van der Waals surface area contributed by atoms with E-state index in [2.05, 4.69) is 5.32 Å². The Bertz CT molecular complexity index is 939. The molecule has 0 saturated heterocycles. The number of aromatic carboxylic acids is 1. The lowest BCUT2D eigenvalue weighted by molar-refractivity contribution is -0.255. The van der Waals surface area contributed by atoms with Crippen LogP contribution in [0.3, 0.4) is 0 Å². The third-order valence-corrected chi connectivity index (χ3v) is 3.97. The van der Waals surface area contributed by atoms with Gasteiger partial charge in [-0.3, -0.25) is 4.79 Å². The van der Waals surface area contributed by atoms with Gasteiger partial charge in [-0.1, -0.05) is 18.2 Å². The lowest BCUT2D eigenvalue weighted by Crippen LogP contribution is -2.23. The predicted octanol–water partition coefficient (Wildman–Crippen LogP) is 2.22. The first-order valence-corrected chi connectivity index (χ1v) is 7.76. The third-order valence-electron chi connectivity index (χ3n) is 3.97. The first-order chi connectivity index (χ1) is 12.4. The number of aryl methyl sites for hydroxylation is 1. The summed E-state index contributed by atoms with van der Waals surface area (Å²) in [5.41, 5.74) is 2.59. The number of methoxy groups -OCH3 is 1. The summed E-state index contributed by atoms with van der Waals surface area (Å²) in [6, 6.07) is 11.6. The minimum atomic E-state index is -1.41. The van der Waals surface area contributed by atoms with Gasteiger partial charge in [0.15, 0.2) is 0 Å². The van der Waals surface area contributed by atoms with Crippen molar-refractivity contribution in [2.45, 2.75) is 13.8 Å². The summed E-state index contributed by atoms with van der Waals surface area (Å²) in [5.74, 6) is -1.84. The molecule has 0 fully saturated rings. The number of hydrogen-bond acceptors (Lipinski definition) is 5. The zero-order chi connectivity index (χ0) is 19.3. The zero-order valence-corrected chi connectivity index (χ0v) is 14.6. The number of nitrogens with one attached hydrogen (secondary N) is 1. The number of nitriles is 1. The molecule has 2 aromatic rings. The van der Waals surface area contributed by atoms with E-state index >= 15 is 0 Å². The van der Waals surface area contributed by atoms with Crippen molar-refractivity contribution in [2.75, 3.05) is 12.4 Å². The molecule has 1 N–H and O–H groups in total. The van der Waals surface area contributed by atoms with E-state index in [1.807, 2.05) is 32.0 Å². The summed E-state index contributed by atoms with van der Waals surface area (Å²) in [6.45, 7) is 3.79. The Morgan fingerprint density at radius 3 is 2.58 bits per heavy atom. The first kappa shape index (κ1) is 18.7. The van der Waals surface area contributed by atoms with Crippen molar-refractivity contribution in [3.8, 4) is 11.8 Å². The van der Waals surface area contributed by atoms with Gasteiger partial charge in [-0.2, -0.15) is 5.26 Å². The Balaban J connectivity index is 2.34. The number of carboxylic acids is 1. The normalized spacial score (nSPS) is 10.8. The molecule has 2 aromatic carbocycles. The third kappa shape index (κ3) is 4.08. The number of hydrogen-bond donors (Lipinski definition) is 1. The summed E-state index contributed by atoms with van der Waals surface area (Å²) >= 11 is 0. The van der Waals surface area contributed by atoms with Gasteiger partial charge in [0.1, 0.15) is 17.4 Å². The highest BCUT2D eigenvalue weighted by Gasteiger charge is 2.12. The molecule has 0 radical (unpaired) electrons. The van der Waals surface area contributed by atoms with E-state index in [9.17, 15) is 20.0 Å². The van der Waals surface area contributed by atoms with Gasteiger partial charge in [0.2, 0.25) is 0 Å². The SMILES string of the molecule is COc1ccc(/C=C(/C#N)C(=O)Nc2cccc(C)c2C)cc1C(=O)[O-].